The third-order valence-electron chi connectivity index (χ3n) is 7.53. The van der Waals surface area contributed by atoms with Crippen molar-refractivity contribution < 1.29 is 53.4 Å². The Bertz CT molecular complexity index is 1800. The average molecular weight is 628 g/mol. The number of hydrogen-bond donors (Lipinski definition) is 3. The quantitative estimate of drug-likeness (QED) is 0.126. The third kappa shape index (κ3) is 7.18. The summed E-state index contributed by atoms with van der Waals surface area (Å²) < 4.78 is 19.6. The lowest BCUT2D eigenvalue weighted by molar-refractivity contribution is 0.0633. The van der Waals surface area contributed by atoms with E-state index in [0.717, 1.165) is 52.8 Å². The number of carbonyl (C=O) groups excluding carboxylic acids is 1. The lowest BCUT2D eigenvalue weighted by Crippen LogP contribution is -2.36. The molecule has 0 saturated heterocycles. The molecule has 0 unspecified atom stereocenters. The van der Waals surface area contributed by atoms with E-state index >= 15 is 0 Å². The van der Waals surface area contributed by atoms with Crippen LogP contribution in [0.1, 0.15) is 45.9 Å². The number of aryl methyl sites for hydroxylation is 1. The van der Waals surface area contributed by atoms with Gasteiger partial charge >= 0.3 is 18.5 Å². The number of benzene rings is 4. The van der Waals surface area contributed by atoms with Gasteiger partial charge in [-0.15, -0.1) is 0 Å². The Labute approximate surface area is 262 Å². The van der Waals surface area contributed by atoms with Crippen LogP contribution in [0.15, 0.2) is 84.9 Å². The summed E-state index contributed by atoms with van der Waals surface area (Å²) in [6.07, 6.45) is -3.26. The molecule has 0 spiro atoms. The molecule has 0 fully saturated rings. The number of rotatable bonds is 9. The maximum atomic E-state index is 14.5. The molecule has 0 saturated carbocycles. The summed E-state index contributed by atoms with van der Waals surface area (Å²) in [5.41, 5.74) is 4.12. The number of carbonyl (C=O) groups is 4. The van der Waals surface area contributed by atoms with E-state index in [0.29, 0.717) is 12.2 Å². The highest BCUT2D eigenvalue weighted by molar-refractivity contribution is 5.99. The van der Waals surface area contributed by atoms with Crippen LogP contribution in [0.5, 0.6) is 23.0 Å². The Morgan fingerprint density at radius 2 is 1.37 bits per heavy atom. The fourth-order valence-corrected chi connectivity index (χ4v) is 5.61. The minimum absolute atomic E-state index is 0.0741. The van der Waals surface area contributed by atoms with Gasteiger partial charge in [-0.1, -0.05) is 54.6 Å². The zero-order valence-corrected chi connectivity index (χ0v) is 24.5. The number of methoxy groups -OCH3 is 1. The van der Waals surface area contributed by atoms with Crippen molar-refractivity contribution in [1.82, 2.24) is 4.90 Å². The smallest absolute Gasteiger partial charge is 0.497 e. The van der Waals surface area contributed by atoms with E-state index in [-0.39, 0.29) is 12.1 Å². The number of ether oxygens (including phenoxy) is 4. The summed E-state index contributed by atoms with van der Waals surface area (Å²) in [4.78, 5) is 50.5. The molecule has 236 valence electrons. The van der Waals surface area contributed by atoms with Crippen molar-refractivity contribution in [3.05, 3.63) is 107 Å². The third-order valence-corrected chi connectivity index (χ3v) is 7.53. The fraction of sp³-hybridized carbons (Fsp3) is 0.176. The number of nitrogens with zero attached hydrogens (tertiary/aromatic N) is 1. The van der Waals surface area contributed by atoms with Crippen LogP contribution in [0.25, 0.3) is 11.1 Å². The highest BCUT2D eigenvalue weighted by Gasteiger charge is 2.33. The molecule has 4 aromatic rings. The lowest BCUT2D eigenvalue weighted by Gasteiger charge is -2.36. The van der Waals surface area contributed by atoms with Gasteiger partial charge in [-0.3, -0.25) is 4.79 Å². The SMILES string of the molecule is COc1cccc(-c2cccc(CN(C(=O)c3cc(OC(=O)O)c(OC(=O)O)cc3OC(=O)O)[C@H]3CCCc4ccccc43)c2)c1. The van der Waals surface area contributed by atoms with Gasteiger partial charge in [0.25, 0.3) is 5.91 Å². The first kappa shape index (κ1) is 31.4. The van der Waals surface area contributed by atoms with Crippen LogP contribution in [0, 0.1) is 0 Å². The molecule has 0 bridgehead atoms. The average Bonchev–Trinajstić information content (AvgIpc) is 3.03. The minimum atomic E-state index is -1.83. The standard InChI is InChI=1S/C34H29NO11/c1-43-24-12-5-11-23(16-24)22-10-4-7-20(15-22)19-35(27-14-6-9-21-8-2-3-13-25(21)27)31(36)26-17-29(45-33(39)40)30(46-34(41)42)18-28(26)44-32(37)38/h2-5,7-8,10-13,15-18,27H,6,9,14,19H2,1H3,(H,37,38)(H,39,40)(H,41,42)/t27-/m0/s1. The number of hydrogen-bond acceptors (Lipinski definition) is 8. The van der Waals surface area contributed by atoms with E-state index < -0.39 is 47.7 Å². The summed E-state index contributed by atoms with van der Waals surface area (Å²) in [5, 5.41) is 27.9. The van der Waals surface area contributed by atoms with Crippen LogP contribution in [0.3, 0.4) is 0 Å². The number of fused-ring (bicyclic) bond motifs is 1. The summed E-state index contributed by atoms with van der Waals surface area (Å²) in [6, 6.07) is 24.1. The molecule has 1 aliphatic carbocycles. The second kappa shape index (κ2) is 13.7. The molecule has 0 aromatic heterocycles. The van der Waals surface area contributed by atoms with Crippen LogP contribution >= 0.6 is 0 Å². The van der Waals surface area contributed by atoms with Gasteiger partial charge in [-0.05, 0) is 65.3 Å². The molecular weight excluding hydrogens is 598 g/mol. The van der Waals surface area contributed by atoms with E-state index in [1.807, 2.05) is 72.8 Å². The van der Waals surface area contributed by atoms with E-state index in [1.165, 1.54) is 0 Å². The van der Waals surface area contributed by atoms with Crippen molar-refractivity contribution in [2.75, 3.05) is 7.11 Å². The predicted octanol–water partition coefficient (Wildman–Crippen LogP) is 7.25. The van der Waals surface area contributed by atoms with E-state index in [9.17, 15) is 29.4 Å². The van der Waals surface area contributed by atoms with Crippen LogP contribution in [-0.2, 0) is 13.0 Å². The summed E-state index contributed by atoms with van der Waals surface area (Å²) in [6.45, 7) is 0.0741. The Hall–Kier alpha value is -6.04. The molecule has 46 heavy (non-hydrogen) atoms. The van der Waals surface area contributed by atoms with Gasteiger partial charge in [-0.25, -0.2) is 14.4 Å². The summed E-state index contributed by atoms with van der Waals surface area (Å²) >= 11 is 0. The van der Waals surface area contributed by atoms with Gasteiger partial charge in [0, 0.05) is 18.7 Å². The molecule has 12 nitrogen and oxygen atoms in total. The Balaban J connectivity index is 1.63. The van der Waals surface area contributed by atoms with Gasteiger partial charge in [0.1, 0.15) is 5.75 Å². The van der Waals surface area contributed by atoms with Crippen molar-refractivity contribution in [3.8, 4) is 34.1 Å². The Morgan fingerprint density at radius 3 is 2.07 bits per heavy atom. The molecule has 1 amide bonds. The first-order chi connectivity index (χ1) is 22.1. The van der Waals surface area contributed by atoms with Crippen molar-refractivity contribution in [2.45, 2.75) is 31.8 Å². The second-order valence-electron chi connectivity index (χ2n) is 10.4. The Kier molecular flexibility index (Phi) is 9.36. The largest absolute Gasteiger partial charge is 0.511 e. The van der Waals surface area contributed by atoms with Crippen molar-refractivity contribution in [2.24, 2.45) is 0 Å². The van der Waals surface area contributed by atoms with Gasteiger partial charge in [-0.2, -0.15) is 0 Å². The van der Waals surface area contributed by atoms with E-state index in [4.69, 9.17) is 19.3 Å². The van der Waals surface area contributed by atoms with E-state index in [1.54, 1.807) is 12.0 Å². The molecule has 0 radical (unpaired) electrons. The van der Waals surface area contributed by atoms with E-state index in [2.05, 4.69) is 4.74 Å². The van der Waals surface area contributed by atoms with Crippen molar-refractivity contribution in [1.29, 1.82) is 0 Å². The van der Waals surface area contributed by atoms with Gasteiger partial charge < -0.3 is 39.2 Å². The second-order valence-corrected chi connectivity index (χ2v) is 10.4. The molecule has 4 aromatic carbocycles. The normalized spacial score (nSPS) is 13.5. The molecule has 1 atom stereocenters. The van der Waals surface area contributed by atoms with Crippen LogP contribution in [0.4, 0.5) is 14.4 Å². The molecule has 12 heteroatoms. The van der Waals surface area contributed by atoms with Gasteiger partial charge in [0.15, 0.2) is 17.2 Å². The van der Waals surface area contributed by atoms with Crippen LogP contribution in [-0.4, -0.2) is 51.7 Å². The topological polar surface area (TPSA) is 169 Å². The van der Waals surface area contributed by atoms with Crippen molar-refractivity contribution >= 4 is 24.4 Å². The highest BCUT2D eigenvalue weighted by atomic mass is 16.7. The van der Waals surface area contributed by atoms with Crippen LogP contribution in [0.2, 0.25) is 0 Å². The molecule has 1 aliphatic rings. The molecule has 3 N–H and O–H groups in total. The first-order valence-electron chi connectivity index (χ1n) is 14.2. The molecule has 5 rings (SSSR count). The zero-order valence-electron chi connectivity index (χ0n) is 24.5. The zero-order chi connectivity index (χ0) is 32.8. The van der Waals surface area contributed by atoms with Crippen LogP contribution < -0.4 is 18.9 Å². The molecule has 0 aliphatic heterocycles. The maximum Gasteiger partial charge on any atom is 0.511 e. The van der Waals surface area contributed by atoms with Gasteiger partial charge in [0.05, 0.1) is 18.7 Å². The number of amides is 1. The summed E-state index contributed by atoms with van der Waals surface area (Å²) in [7, 11) is 1.58. The van der Waals surface area contributed by atoms with Crippen molar-refractivity contribution in [3.63, 3.8) is 0 Å². The minimum Gasteiger partial charge on any atom is -0.497 e. The fourth-order valence-electron chi connectivity index (χ4n) is 5.61. The highest BCUT2D eigenvalue weighted by Crippen LogP contribution is 2.40. The number of carboxylic acid groups (broad SMARTS) is 3. The monoisotopic (exact) mass is 627 g/mol. The van der Waals surface area contributed by atoms with Gasteiger partial charge in [0.2, 0.25) is 0 Å². The molecule has 0 heterocycles. The predicted molar refractivity (Wildman–Crippen MR) is 163 cm³/mol. The first-order valence-corrected chi connectivity index (χ1v) is 14.2. The maximum absolute atomic E-state index is 14.5. The summed E-state index contributed by atoms with van der Waals surface area (Å²) in [5.74, 6) is -1.91. The molecular formula is C34H29NO11. The Morgan fingerprint density at radius 1 is 0.739 bits per heavy atom. The lowest BCUT2D eigenvalue weighted by atomic mass is 9.86.